The monoisotopic (exact) mass is 646 g/mol. The largest absolute Gasteiger partial charge is 0.487 e. The van der Waals surface area contributed by atoms with Crippen LogP contribution in [0.2, 0.25) is 0 Å². The van der Waals surface area contributed by atoms with E-state index >= 15 is 0 Å². The third-order valence-electron chi connectivity index (χ3n) is 7.01. The van der Waals surface area contributed by atoms with Crippen LogP contribution in [0, 0.1) is 5.92 Å². The van der Waals surface area contributed by atoms with Gasteiger partial charge in [-0.05, 0) is 68.9 Å². The number of aliphatic hydroxyl groups excluding tert-OH is 1. The average molecular weight is 647 g/mol. The minimum atomic E-state index is -0.755. The molecule has 0 bridgehead atoms. The fraction of sp³-hybridized carbons (Fsp3) is 0.405. The Morgan fingerprint density at radius 3 is 2.51 bits per heavy atom. The van der Waals surface area contributed by atoms with Crippen LogP contribution in [-0.2, 0) is 16.1 Å². The van der Waals surface area contributed by atoms with E-state index < -0.39 is 6.23 Å². The zero-order valence-electron chi connectivity index (χ0n) is 29.4. The highest BCUT2D eigenvalue weighted by Gasteiger charge is 2.19. The summed E-state index contributed by atoms with van der Waals surface area (Å²) in [6.07, 6.45) is 13.7. The van der Waals surface area contributed by atoms with Crippen molar-refractivity contribution in [2.24, 2.45) is 15.9 Å². The quantitative estimate of drug-likeness (QED) is 0.131. The summed E-state index contributed by atoms with van der Waals surface area (Å²) in [6, 6.07) is 5.48. The number of allylic oxidation sites excluding steroid dienone is 6. The number of aliphatic imine (C=N–C) groups is 2. The molecule has 256 valence electrons. The van der Waals surface area contributed by atoms with E-state index in [0.29, 0.717) is 28.8 Å². The Balaban J connectivity index is 0.000000544. The highest BCUT2D eigenvalue weighted by molar-refractivity contribution is 6.27. The molecule has 2 atom stereocenters. The molecule has 47 heavy (non-hydrogen) atoms. The lowest BCUT2D eigenvalue weighted by molar-refractivity contribution is -0.117. The first-order chi connectivity index (χ1) is 22.6. The topological polar surface area (TPSA) is 136 Å². The number of ether oxygens (including phenoxy) is 1. The standard InChI is InChI=1S/C22H29N5O3.C13H19NO.C2H6/c1-6-16(23-4)11-18(25-7-2)21(24-5)14(3)22(29)26-12-15-8-9-19-17(10-15)27-20(28)13-30-19;1-10-5-4-6-11(2)9-12(8-7-10)13(15)14-3;1-2/h6-11,20,23,27-28H,3,12-13H2,1-2,4-5H3,(H,26,29);7-9,11H,1,4-6H2,2-3H3,(H,14,15);1-2H3/b16-6+,18-11+,24-21?,25-7?;8-7-,12-9+;. The number of amides is 2. The van der Waals surface area contributed by atoms with E-state index in [9.17, 15) is 14.7 Å². The van der Waals surface area contributed by atoms with Gasteiger partial charge in [-0.15, -0.1) is 0 Å². The molecule has 3 rings (SSSR count). The summed E-state index contributed by atoms with van der Waals surface area (Å²) in [7, 11) is 5.06. The first kappa shape index (κ1) is 40.3. The lowest BCUT2D eigenvalue weighted by Gasteiger charge is -2.24. The molecule has 1 aliphatic heterocycles. The Morgan fingerprint density at radius 2 is 1.89 bits per heavy atom. The first-order valence-corrected chi connectivity index (χ1v) is 16.1. The van der Waals surface area contributed by atoms with Crippen molar-refractivity contribution in [1.29, 1.82) is 0 Å². The molecule has 1 heterocycles. The Bertz CT molecular complexity index is 1420. The van der Waals surface area contributed by atoms with Crippen molar-refractivity contribution in [3.05, 3.63) is 95.4 Å². The van der Waals surface area contributed by atoms with Gasteiger partial charge in [0.25, 0.3) is 11.8 Å². The zero-order valence-corrected chi connectivity index (χ0v) is 29.4. The minimum absolute atomic E-state index is 0.0206. The van der Waals surface area contributed by atoms with Crippen molar-refractivity contribution in [3.8, 4) is 5.75 Å². The molecule has 0 fully saturated rings. The summed E-state index contributed by atoms with van der Waals surface area (Å²) >= 11 is 0. The minimum Gasteiger partial charge on any atom is -0.487 e. The van der Waals surface area contributed by atoms with E-state index in [1.54, 1.807) is 46.4 Å². The molecular weight excluding hydrogens is 592 g/mol. The van der Waals surface area contributed by atoms with Gasteiger partial charge < -0.3 is 31.1 Å². The molecule has 1 aromatic carbocycles. The van der Waals surface area contributed by atoms with Crippen LogP contribution in [-0.4, -0.2) is 62.8 Å². The molecule has 0 aromatic heterocycles. The summed E-state index contributed by atoms with van der Waals surface area (Å²) in [4.78, 5) is 32.8. The molecule has 2 amide bonds. The van der Waals surface area contributed by atoms with Crippen LogP contribution in [0.5, 0.6) is 5.75 Å². The van der Waals surface area contributed by atoms with E-state index in [-0.39, 0.29) is 30.5 Å². The number of anilines is 1. The number of hydrogen-bond donors (Lipinski definition) is 5. The lowest BCUT2D eigenvalue weighted by atomic mass is 10.0. The summed E-state index contributed by atoms with van der Waals surface area (Å²) in [5, 5.41) is 21.2. The molecule has 5 N–H and O–H groups in total. The summed E-state index contributed by atoms with van der Waals surface area (Å²) in [5.41, 5.74) is 5.38. The molecule has 0 radical (unpaired) electrons. The molecule has 2 aliphatic rings. The lowest BCUT2D eigenvalue weighted by Crippen LogP contribution is -2.31. The number of rotatable bonds is 9. The fourth-order valence-corrected chi connectivity index (χ4v) is 4.55. The predicted molar refractivity (Wildman–Crippen MR) is 196 cm³/mol. The Hall–Kier alpha value is -4.70. The molecule has 0 saturated heterocycles. The molecule has 10 nitrogen and oxygen atoms in total. The van der Waals surface area contributed by atoms with E-state index in [4.69, 9.17) is 4.74 Å². The van der Waals surface area contributed by atoms with Gasteiger partial charge in [0.1, 0.15) is 12.4 Å². The first-order valence-electron chi connectivity index (χ1n) is 16.1. The van der Waals surface area contributed by atoms with Crippen LogP contribution >= 0.6 is 0 Å². The number of nitrogens with zero attached hydrogens (tertiary/aromatic N) is 2. The van der Waals surface area contributed by atoms with E-state index in [0.717, 1.165) is 41.7 Å². The Labute approximate surface area is 281 Å². The van der Waals surface area contributed by atoms with Gasteiger partial charge in [-0.1, -0.05) is 63.8 Å². The van der Waals surface area contributed by atoms with Gasteiger partial charge >= 0.3 is 0 Å². The van der Waals surface area contributed by atoms with Crippen LogP contribution in [0.4, 0.5) is 5.69 Å². The highest BCUT2D eigenvalue weighted by Crippen LogP contribution is 2.29. The SMILES string of the molecule is C=C(C(=O)NCc1ccc2c(c1)NC(O)CO2)C(=NC)/C(=C\C(=C/C)NC)N=CC.C=C1/C=C\C(C(=O)NC)=C/C(C)CCC1.CC. The van der Waals surface area contributed by atoms with Crippen LogP contribution in [0.15, 0.2) is 99.8 Å². The third-order valence-corrected chi connectivity index (χ3v) is 7.01. The number of fused-ring (bicyclic) bond motifs is 1. The van der Waals surface area contributed by atoms with Crippen LogP contribution in [0.25, 0.3) is 0 Å². The van der Waals surface area contributed by atoms with Gasteiger partial charge in [-0.25, -0.2) is 0 Å². The van der Waals surface area contributed by atoms with Crippen LogP contribution in [0.3, 0.4) is 0 Å². The fourth-order valence-electron chi connectivity index (χ4n) is 4.55. The number of carbonyl (C=O) groups is 2. The van der Waals surface area contributed by atoms with E-state index in [1.807, 2.05) is 57.2 Å². The summed E-state index contributed by atoms with van der Waals surface area (Å²) in [6.45, 7) is 18.2. The smallest absolute Gasteiger partial charge is 0.253 e. The van der Waals surface area contributed by atoms with E-state index in [1.165, 1.54) is 0 Å². The molecule has 0 spiro atoms. The third kappa shape index (κ3) is 13.7. The maximum absolute atomic E-state index is 12.7. The highest BCUT2D eigenvalue weighted by atomic mass is 16.5. The van der Waals surface area contributed by atoms with Gasteiger partial charge in [-0.2, -0.15) is 0 Å². The number of benzene rings is 1. The van der Waals surface area contributed by atoms with E-state index in [2.05, 4.69) is 51.3 Å². The molecule has 1 aliphatic carbocycles. The number of likely N-dealkylation sites (N-methyl/N-ethyl adjacent to an activating group) is 2. The summed E-state index contributed by atoms with van der Waals surface area (Å²) in [5.74, 6) is 0.749. The molecular formula is C37H54N6O4. The zero-order chi connectivity index (χ0) is 35.4. The van der Waals surface area contributed by atoms with Gasteiger partial charge in [0, 0.05) is 45.2 Å². The van der Waals surface area contributed by atoms with Crippen molar-refractivity contribution in [3.63, 3.8) is 0 Å². The number of aliphatic hydroxyl groups is 1. The normalized spacial score (nSPS) is 20.0. The van der Waals surface area contributed by atoms with Gasteiger partial charge in [0.15, 0.2) is 6.23 Å². The second-order valence-corrected chi connectivity index (χ2v) is 10.5. The number of carbonyl (C=O) groups excluding carboxylic acids is 2. The predicted octanol–water partition coefficient (Wildman–Crippen LogP) is 5.77. The number of hydrogen-bond acceptors (Lipinski definition) is 8. The van der Waals surface area contributed by atoms with Gasteiger partial charge in [-0.3, -0.25) is 19.6 Å². The summed E-state index contributed by atoms with van der Waals surface area (Å²) < 4.78 is 5.44. The molecule has 0 saturated carbocycles. The van der Waals surface area contributed by atoms with Gasteiger partial charge in [0.05, 0.1) is 22.7 Å². The maximum Gasteiger partial charge on any atom is 0.253 e. The van der Waals surface area contributed by atoms with Crippen molar-refractivity contribution < 1.29 is 19.4 Å². The second kappa shape index (κ2) is 21.9. The Morgan fingerprint density at radius 1 is 1.17 bits per heavy atom. The number of nitrogens with one attached hydrogen (secondary N) is 4. The van der Waals surface area contributed by atoms with Crippen molar-refractivity contribution in [1.82, 2.24) is 16.0 Å². The average Bonchev–Trinajstić information content (AvgIpc) is 3.16. The van der Waals surface area contributed by atoms with Gasteiger partial charge in [0.2, 0.25) is 0 Å². The molecule has 1 aromatic rings. The van der Waals surface area contributed by atoms with Crippen LogP contribution < -0.4 is 26.0 Å². The molecule has 2 unspecified atom stereocenters. The van der Waals surface area contributed by atoms with Crippen molar-refractivity contribution in [2.75, 3.05) is 33.1 Å². The maximum atomic E-state index is 12.7. The van der Waals surface area contributed by atoms with Crippen LogP contribution in [0.1, 0.15) is 59.4 Å². The van der Waals surface area contributed by atoms with Crippen molar-refractivity contribution >= 4 is 29.4 Å². The Kier molecular flexibility index (Phi) is 18.8. The molecule has 10 heteroatoms. The van der Waals surface area contributed by atoms with Crippen molar-refractivity contribution in [2.45, 2.75) is 66.7 Å². The second-order valence-electron chi connectivity index (χ2n) is 10.5.